The quantitative estimate of drug-likeness (QED) is 0.752. The topological polar surface area (TPSA) is 66.5 Å². The van der Waals surface area contributed by atoms with Crippen LogP contribution in [0.25, 0.3) is 0 Å². The van der Waals surface area contributed by atoms with Crippen molar-refractivity contribution in [2.45, 2.75) is 18.9 Å². The molecule has 2 aromatic rings. The maximum atomic E-state index is 13.1. The number of hydrogen-bond donors (Lipinski definition) is 0. The van der Waals surface area contributed by atoms with Crippen LogP contribution in [0.15, 0.2) is 24.3 Å². The Morgan fingerprint density at radius 2 is 1.89 bits per heavy atom. The number of hydrogen-bond acceptors (Lipinski definition) is 7. The number of Topliss-reactive ketones (excluding diaryl/α,β-unsaturated/α-hetero) is 1. The molecule has 146 valence electrons. The van der Waals surface area contributed by atoms with E-state index in [0.717, 1.165) is 24.1 Å². The summed E-state index contributed by atoms with van der Waals surface area (Å²) in [5.41, 5.74) is 2.77. The van der Waals surface area contributed by atoms with E-state index in [4.69, 9.17) is 23.7 Å². The van der Waals surface area contributed by atoms with Crippen molar-refractivity contribution >= 4 is 5.78 Å². The van der Waals surface area contributed by atoms with Crippen LogP contribution < -0.4 is 23.7 Å². The van der Waals surface area contributed by atoms with Crippen molar-refractivity contribution in [2.75, 3.05) is 34.3 Å². The molecule has 28 heavy (non-hydrogen) atoms. The van der Waals surface area contributed by atoms with Crippen molar-refractivity contribution in [1.29, 1.82) is 0 Å². The molecule has 0 spiro atoms. The van der Waals surface area contributed by atoms with Crippen molar-refractivity contribution in [2.24, 2.45) is 0 Å². The number of ether oxygens (including phenoxy) is 5. The largest absolute Gasteiger partial charge is 0.492 e. The van der Waals surface area contributed by atoms with Crippen LogP contribution >= 0.6 is 0 Å². The molecule has 0 saturated carbocycles. The van der Waals surface area contributed by atoms with Crippen molar-refractivity contribution in [3.63, 3.8) is 0 Å². The third-order valence-electron chi connectivity index (χ3n) is 5.62. The van der Waals surface area contributed by atoms with Crippen LogP contribution in [0, 0.1) is 0 Å². The number of carbonyl (C=O) groups is 1. The van der Waals surface area contributed by atoms with Gasteiger partial charge in [0.1, 0.15) is 0 Å². The van der Waals surface area contributed by atoms with Crippen LogP contribution in [-0.2, 0) is 6.42 Å². The van der Waals surface area contributed by atoms with E-state index in [1.54, 1.807) is 25.3 Å². The lowest BCUT2D eigenvalue weighted by Gasteiger charge is -2.35. The third kappa shape index (κ3) is 2.65. The normalized spacial score (nSPS) is 19.4. The zero-order valence-electron chi connectivity index (χ0n) is 15.8. The van der Waals surface area contributed by atoms with E-state index in [1.807, 2.05) is 13.1 Å². The Kier molecular flexibility index (Phi) is 4.05. The number of nitrogens with zero attached hydrogens (tertiary/aromatic N) is 1. The lowest BCUT2D eigenvalue weighted by atomic mass is 9.87. The predicted octanol–water partition coefficient (Wildman–Crippen LogP) is 2.95. The van der Waals surface area contributed by atoms with E-state index in [2.05, 4.69) is 4.90 Å². The van der Waals surface area contributed by atoms with Gasteiger partial charge in [0.05, 0.1) is 7.11 Å². The van der Waals surface area contributed by atoms with Crippen LogP contribution in [0.2, 0.25) is 0 Å². The summed E-state index contributed by atoms with van der Waals surface area (Å²) in [6, 6.07) is 7.24. The maximum Gasteiger partial charge on any atom is 0.231 e. The summed E-state index contributed by atoms with van der Waals surface area (Å²) in [6.45, 7) is 1.23. The number of likely N-dealkylation sites (N-methyl/N-ethyl adjacent to an activating group) is 1. The minimum Gasteiger partial charge on any atom is -0.492 e. The highest BCUT2D eigenvalue weighted by atomic mass is 16.7. The molecular formula is C21H21NO6. The van der Waals surface area contributed by atoms with E-state index in [-0.39, 0.29) is 25.4 Å². The standard InChI is InChI=1S/C21H21NO6/c1-22-6-5-13-8-18-20(28-11-27-18)21(24-2)19(13)14(22)9-15(23)12-3-4-16-17(7-12)26-10-25-16/h3-4,7-8,14H,5-6,9-11H2,1-2H3/t14-/m1/s1. The first-order valence-corrected chi connectivity index (χ1v) is 9.28. The highest BCUT2D eigenvalue weighted by molar-refractivity contribution is 5.97. The van der Waals surface area contributed by atoms with Crippen molar-refractivity contribution in [3.05, 3.63) is 41.0 Å². The Morgan fingerprint density at radius 1 is 1.11 bits per heavy atom. The Labute approximate surface area is 162 Å². The molecule has 0 radical (unpaired) electrons. The summed E-state index contributed by atoms with van der Waals surface area (Å²) >= 11 is 0. The van der Waals surface area contributed by atoms with Gasteiger partial charge in [-0.05, 0) is 43.3 Å². The van der Waals surface area contributed by atoms with E-state index in [0.29, 0.717) is 40.7 Å². The van der Waals surface area contributed by atoms with E-state index in [1.165, 1.54) is 0 Å². The van der Waals surface area contributed by atoms with Crippen LogP contribution in [0.3, 0.4) is 0 Å². The van der Waals surface area contributed by atoms with Gasteiger partial charge in [-0.25, -0.2) is 0 Å². The average molecular weight is 383 g/mol. The fourth-order valence-corrected chi connectivity index (χ4v) is 4.15. The van der Waals surface area contributed by atoms with Gasteiger partial charge in [0.2, 0.25) is 19.3 Å². The van der Waals surface area contributed by atoms with E-state index in [9.17, 15) is 4.79 Å². The highest BCUT2D eigenvalue weighted by Crippen LogP contribution is 2.50. The van der Waals surface area contributed by atoms with Gasteiger partial charge >= 0.3 is 0 Å². The first kappa shape index (κ1) is 17.2. The zero-order chi connectivity index (χ0) is 19.3. The summed E-state index contributed by atoms with van der Waals surface area (Å²) in [5.74, 6) is 3.33. The Morgan fingerprint density at radius 3 is 2.75 bits per heavy atom. The van der Waals surface area contributed by atoms with E-state index < -0.39 is 0 Å². The second-order valence-corrected chi connectivity index (χ2v) is 7.16. The molecule has 0 bridgehead atoms. The molecule has 0 aromatic heterocycles. The first-order chi connectivity index (χ1) is 13.7. The number of benzene rings is 2. The van der Waals surface area contributed by atoms with Crippen molar-refractivity contribution in [1.82, 2.24) is 4.90 Å². The minimum atomic E-state index is -0.105. The molecule has 3 aliphatic heterocycles. The lowest BCUT2D eigenvalue weighted by Crippen LogP contribution is -2.34. The molecule has 7 nitrogen and oxygen atoms in total. The Hall–Kier alpha value is -2.93. The number of ketones is 1. The SMILES string of the molecule is COc1c2c(cc3c1[C@@H](CC(=O)c1ccc4c(c1)OCO4)N(C)CC3)OCO2. The van der Waals surface area contributed by atoms with Gasteiger partial charge in [-0.3, -0.25) is 9.69 Å². The summed E-state index contributed by atoms with van der Waals surface area (Å²) in [5, 5.41) is 0. The molecule has 5 rings (SSSR count). The van der Waals surface area contributed by atoms with Gasteiger partial charge in [-0.15, -0.1) is 0 Å². The average Bonchev–Trinajstić information content (AvgIpc) is 3.36. The van der Waals surface area contributed by atoms with Crippen molar-refractivity contribution in [3.8, 4) is 28.7 Å². The monoisotopic (exact) mass is 383 g/mol. The molecule has 1 atom stereocenters. The number of carbonyl (C=O) groups excluding carboxylic acids is 1. The Bertz CT molecular complexity index is 956. The van der Waals surface area contributed by atoms with Gasteiger partial charge in [-0.1, -0.05) is 0 Å². The molecule has 2 aromatic carbocycles. The fraction of sp³-hybridized carbons (Fsp3) is 0.381. The van der Waals surface area contributed by atoms with Crippen LogP contribution in [0.4, 0.5) is 0 Å². The molecule has 3 aliphatic rings. The molecule has 0 amide bonds. The molecule has 0 aliphatic carbocycles. The first-order valence-electron chi connectivity index (χ1n) is 9.28. The molecule has 0 N–H and O–H groups in total. The van der Waals surface area contributed by atoms with Crippen LogP contribution in [-0.4, -0.2) is 45.0 Å². The lowest BCUT2D eigenvalue weighted by molar-refractivity contribution is 0.0925. The van der Waals surface area contributed by atoms with Crippen molar-refractivity contribution < 1.29 is 28.5 Å². The number of fused-ring (bicyclic) bond motifs is 3. The molecule has 0 unspecified atom stereocenters. The zero-order valence-corrected chi connectivity index (χ0v) is 15.8. The molecule has 3 heterocycles. The van der Waals surface area contributed by atoms with E-state index >= 15 is 0 Å². The second-order valence-electron chi connectivity index (χ2n) is 7.16. The summed E-state index contributed by atoms with van der Waals surface area (Å²) < 4.78 is 27.6. The molecule has 7 heteroatoms. The van der Waals surface area contributed by atoms with Gasteiger partial charge < -0.3 is 23.7 Å². The molecule has 0 fully saturated rings. The Balaban J connectivity index is 1.50. The summed E-state index contributed by atoms with van der Waals surface area (Å²) in [7, 11) is 3.66. The second kappa shape index (κ2) is 6.60. The van der Waals surface area contributed by atoms with Gasteiger partial charge in [-0.2, -0.15) is 0 Å². The maximum absolute atomic E-state index is 13.1. The van der Waals surface area contributed by atoms with Gasteiger partial charge in [0.25, 0.3) is 0 Å². The fourth-order valence-electron chi connectivity index (χ4n) is 4.15. The molecular weight excluding hydrogens is 362 g/mol. The minimum absolute atomic E-state index is 0.0442. The number of methoxy groups -OCH3 is 1. The number of rotatable bonds is 4. The summed E-state index contributed by atoms with van der Waals surface area (Å²) in [6.07, 6.45) is 1.20. The van der Waals surface area contributed by atoms with Gasteiger partial charge in [0.15, 0.2) is 28.8 Å². The molecule has 0 saturated heterocycles. The smallest absolute Gasteiger partial charge is 0.231 e. The van der Waals surface area contributed by atoms with Crippen LogP contribution in [0.5, 0.6) is 28.7 Å². The predicted molar refractivity (Wildman–Crippen MR) is 99.7 cm³/mol. The highest BCUT2D eigenvalue weighted by Gasteiger charge is 2.35. The third-order valence-corrected chi connectivity index (χ3v) is 5.62. The van der Waals surface area contributed by atoms with Gasteiger partial charge in [0, 0.05) is 30.1 Å². The summed E-state index contributed by atoms with van der Waals surface area (Å²) in [4.78, 5) is 15.3. The van der Waals surface area contributed by atoms with Crippen LogP contribution in [0.1, 0.15) is 33.9 Å².